The molecule has 3 aromatic rings. The smallest absolute Gasteiger partial charge is 0.408 e. The minimum absolute atomic E-state index is 0.0536. The van der Waals surface area contributed by atoms with Crippen molar-refractivity contribution in [1.82, 2.24) is 35.5 Å². The summed E-state index contributed by atoms with van der Waals surface area (Å²) in [5.41, 5.74) is 0.449. The normalized spacial score (nSPS) is 28.2. The highest BCUT2D eigenvalue weighted by Crippen LogP contribution is 2.46. The topological polar surface area (TPSA) is 187 Å². The van der Waals surface area contributed by atoms with E-state index in [9.17, 15) is 24.3 Å². The van der Waals surface area contributed by atoms with Crippen molar-refractivity contribution < 1.29 is 38.5 Å². The number of nitrogens with zero attached hydrogens (tertiary/aromatic N) is 5. The number of amides is 3. The zero-order valence-corrected chi connectivity index (χ0v) is 29.0. The molecule has 15 nitrogen and oxygen atoms in total. The molecule has 3 fully saturated rings. The number of carboxylic acids is 1. The standard InChI is InChI=1S/C35H41N7O8S/c1-48-24-11-9-21(10-12-24)28-29(31-36-14-16-51-31)40-42(39-28)23-17-27-30(43)38-35(33(45)46)18-22(35)7-5-3-2-4-6-8-26(32(44)41(27)19-23)37-34(47)50-25-13-15-49-20-25/h5,7,9-12,14,16,22-23,25-27H,2-4,6,8,13,15,17-20H2,1H3,(H,37,47)(H,38,43)(H,45,46)/t22-,23-,25+,26+,27+,35-/m1/s1. The minimum Gasteiger partial charge on any atom is -0.497 e. The molecule has 1 saturated carbocycles. The van der Waals surface area contributed by atoms with Gasteiger partial charge in [0.25, 0.3) is 0 Å². The summed E-state index contributed by atoms with van der Waals surface area (Å²) in [5, 5.41) is 28.0. The third-order valence-corrected chi connectivity index (χ3v) is 10.8. The Labute approximate surface area is 298 Å². The number of carboxylic acid groups (broad SMARTS) is 1. The van der Waals surface area contributed by atoms with Gasteiger partial charge < -0.3 is 34.9 Å². The number of nitrogens with one attached hydrogen (secondary N) is 2. The zero-order valence-electron chi connectivity index (χ0n) is 28.2. The molecule has 6 atom stereocenters. The molecule has 51 heavy (non-hydrogen) atoms. The third kappa shape index (κ3) is 7.33. The van der Waals surface area contributed by atoms with Crippen LogP contribution in [0.2, 0.25) is 0 Å². The van der Waals surface area contributed by atoms with Crippen molar-refractivity contribution >= 4 is 35.2 Å². The number of hydrogen-bond acceptors (Lipinski definition) is 11. The number of alkyl carbamates (subject to hydrolysis) is 1. The first-order valence-electron chi connectivity index (χ1n) is 17.3. The van der Waals surface area contributed by atoms with E-state index >= 15 is 0 Å². The molecule has 3 aliphatic heterocycles. The molecular formula is C35H41N7O8S. The first-order valence-corrected chi connectivity index (χ1v) is 18.2. The van der Waals surface area contributed by atoms with E-state index in [0.717, 1.165) is 24.8 Å². The van der Waals surface area contributed by atoms with E-state index in [0.29, 0.717) is 54.6 Å². The van der Waals surface area contributed by atoms with Crippen LogP contribution in [0.1, 0.15) is 57.4 Å². The lowest BCUT2D eigenvalue weighted by molar-refractivity contribution is -0.145. The molecule has 1 aromatic carbocycles. The van der Waals surface area contributed by atoms with Crippen LogP contribution in [0, 0.1) is 5.92 Å². The fourth-order valence-corrected chi connectivity index (χ4v) is 7.71. The van der Waals surface area contributed by atoms with Gasteiger partial charge in [0, 0.05) is 42.4 Å². The summed E-state index contributed by atoms with van der Waals surface area (Å²) in [6.45, 7) is 0.837. The number of methoxy groups -OCH3 is 1. The number of benzene rings is 1. The van der Waals surface area contributed by atoms with Crippen LogP contribution < -0.4 is 15.4 Å². The van der Waals surface area contributed by atoms with Gasteiger partial charge in [-0.05, 0) is 49.9 Å². The second-order valence-electron chi connectivity index (χ2n) is 13.4. The van der Waals surface area contributed by atoms with E-state index in [4.69, 9.17) is 24.4 Å². The average molecular weight is 720 g/mol. The molecule has 270 valence electrons. The van der Waals surface area contributed by atoms with Crippen LogP contribution >= 0.6 is 11.3 Å². The monoisotopic (exact) mass is 719 g/mol. The Morgan fingerprint density at radius 2 is 1.94 bits per heavy atom. The van der Waals surface area contributed by atoms with Crippen LogP contribution in [0.5, 0.6) is 5.75 Å². The van der Waals surface area contributed by atoms with Crippen molar-refractivity contribution in [2.24, 2.45) is 5.92 Å². The van der Waals surface area contributed by atoms with Gasteiger partial charge in [-0.2, -0.15) is 9.90 Å². The second kappa shape index (κ2) is 14.8. The molecule has 2 aromatic heterocycles. The first-order chi connectivity index (χ1) is 24.8. The highest BCUT2D eigenvalue weighted by atomic mass is 32.1. The lowest BCUT2D eigenvalue weighted by Gasteiger charge is -2.29. The van der Waals surface area contributed by atoms with Gasteiger partial charge in [-0.3, -0.25) is 9.59 Å². The van der Waals surface area contributed by atoms with Crippen LogP contribution in [0.25, 0.3) is 22.0 Å². The first kappa shape index (κ1) is 34.6. The molecule has 0 bridgehead atoms. The number of carbonyl (C=O) groups is 4. The van der Waals surface area contributed by atoms with Gasteiger partial charge in [0.1, 0.15) is 45.9 Å². The van der Waals surface area contributed by atoms with Gasteiger partial charge in [0.2, 0.25) is 11.8 Å². The van der Waals surface area contributed by atoms with Gasteiger partial charge in [0.05, 0.1) is 26.4 Å². The number of carbonyl (C=O) groups excluding carboxylic acids is 3. The van der Waals surface area contributed by atoms with Crippen molar-refractivity contribution in [3.8, 4) is 27.7 Å². The SMILES string of the molecule is COc1ccc(-c2nn([C@@H]3C[C@H]4C(=O)N[C@]5(C(=O)O)C[C@H]5C=CCCCCC[C@H](NC(=O)O[C@H]5CCOC5)C(=O)N4C3)nc2-c2nccs2)cc1. The fourth-order valence-electron chi connectivity index (χ4n) is 7.09. The van der Waals surface area contributed by atoms with Gasteiger partial charge in [-0.15, -0.1) is 16.4 Å². The molecule has 5 heterocycles. The van der Waals surface area contributed by atoms with Gasteiger partial charge in [-0.1, -0.05) is 25.0 Å². The predicted octanol–water partition coefficient (Wildman–Crippen LogP) is 3.58. The van der Waals surface area contributed by atoms with Crippen LogP contribution in [-0.2, 0) is 23.9 Å². The summed E-state index contributed by atoms with van der Waals surface area (Å²) in [4.78, 5) is 61.5. The molecule has 4 aliphatic rings. The fraction of sp³-hybridized carbons (Fsp3) is 0.514. The highest BCUT2D eigenvalue weighted by Gasteiger charge is 2.61. The maximum Gasteiger partial charge on any atom is 0.408 e. The van der Waals surface area contributed by atoms with E-state index in [-0.39, 0.29) is 25.3 Å². The third-order valence-electron chi connectivity index (χ3n) is 10.0. The predicted molar refractivity (Wildman–Crippen MR) is 184 cm³/mol. The van der Waals surface area contributed by atoms with Crippen molar-refractivity contribution in [1.29, 1.82) is 0 Å². The van der Waals surface area contributed by atoms with Crippen LogP contribution in [0.3, 0.4) is 0 Å². The molecule has 3 amide bonds. The summed E-state index contributed by atoms with van der Waals surface area (Å²) in [6.07, 6.45) is 8.70. The van der Waals surface area contributed by atoms with Crippen LogP contribution in [-0.4, -0.2) is 104 Å². The lowest BCUT2D eigenvalue weighted by Crippen LogP contribution is -2.56. The Balaban J connectivity index is 1.21. The van der Waals surface area contributed by atoms with E-state index in [1.54, 1.807) is 13.3 Å². The number of aliphatic carboxylic acids is 1. The van der Waals surface area contributed by atoms with Crippen LogP contribution in [0.4, 0.5) is 4.79 Å². The number of rotatable bonds is 7. The zero-order chi connectivity index (χ0) is 35.5. The van der Waals surface area contributed by atoms with Crippen molar-refractivity contribution in [2.75, 3.05) is 26.9 Å². The van der Waals surface area contributed by atoms with Crippen molar-refractivity contribution in [3.05, 3.63) is 48.0 Å². The Kier molecular flexibility index (Phi) is 10.0. The molecule has 1 aliphatic carbocycles. The Morgan fingerprint density at radius 3 is 2.67 bits per heavy atom. The molecule has 3 N–H and O–H groups in total. The van der Waals surface area contributed by atoms with Gasteiger partial charge >= 0.3 is 12.1 Å². The number of allylic oxidation sites excluding steroid dienone is 1. The number of fused-ring (bicyclic) bond motifs is 2. The summed E-state index contributed by atoms with van der Waals surface area (Å²) in [7, 11) is 1.59. The van der Waals surface area contributed by atoms with Crippen molar-refractivity contribution in [3.63, 3.8) is 0 Å². The molecule has 2 saturated heterocycles. The van der Waals surface area contributed by atoms with Crippen LogP contribution in [0.15, 0.2) is 48.0 Å². The van der Waals surface area contributed by atoms with Crippen molar-refractivity contribution in [2.45, 2.75) is 81.1 Å². The minimum atomic E-state index is -1.45. The Morgan fingerprint density at radius 1 is 1.12 bits per heavy atom. The molecule has 16 heteroatoms. The Hall–Kier alpha value is -4.83. The maximum absolute atomic E-state index is 14.5. The van der Waals surface area contributed by atoms with E-state index in [1.807, 2.05) is 41.8 Å². The summed E-state index contributed by atoms with van der Waals surface area (Å²) >= 11 is 1.41. The maximum atomic E-state index is 14.5. The lowest BCUT2D eigenvalue weighted by atomic mass is 10.0. The molecule has 7 rings (SSSR count). The summed E-state index contributed by atoms with van der Waals surface area (Å²) in [5.74, 6) is -1.82. The quantitative estimate of drug-likeness (QED) is 0.303. The Bertz CT molecular complexity index is 1770. The average Bonchev–Trinajstić information content (AvgIpc) is 3.77. The number of ether oxygens (including phenoxy) is 3. The molecule has 0 radical (unpaired) electrons. The van der Waals surface area contributed by atoms with Gasteiger partial charge in [0.15, 0.2) is 0 Å². The molecule has 0 unspecified atom stereocenters. The number of aromatic nitrogens is 4. The summed E-state index contributed by atoms with van der Waals surface area (Å²) < 4.78 is 16.2. The largest absolute Gasteiger partial charge is 0.497 e. The molecule has 0 spiro atoms. The number of hydrogen-bond donors (Lipinski definition) is 3. The number of thiazole rings is 1. The highest BCUT2D eigenvalue weighted by molar-refractivity contribution is 7.13. The molecular weight excluding hydrogens is 678 g/mol. The second-order valence-corrected chi connectivity index (χ2v) is 14.3. The van der Waals surface area contributed by atoms with Gasteiger partial charge in [-0.25, -0.2) is 14.6 Å². The van der Waals surface area contributed by atoms with E-state index in [2.05, 4.69) is 15.6 Å². The summed E-state index contributed by atoms with van der Waals surface area (Å²) in [6, 6.07) is 4.84. The van der Waals surface area contributed by atoms with E-state index < -0.39 is 53.6 Å². The van der Waals surface area contributed by atoms with E-state index in [1.165, 1.54) is 21.0 Å².